The van der Waals surface area contributed by atoms with E-state index >= 15 is 0 Å². The maximum absolute atomic E-state index is 12.2. The minimum atomic E-state index is -1.64. The number of methoxy groups -OCH3 is 2. The highest BCUT2D eigenvalue weighted by Crippen LogP contribution is 2.39. The zero-order valence-corrected chi connectivity index (χ0v) is 13.9. The highest BCUT2D eigenvalue weighted by molar-refractivity contribution is 6.03. The lowest BCUT2D eigenvalue weighted by atomic mass is 9.70. The smallest absolute Gasteiger partial charge is 0.319 e. The summed E-state index contributed by atoms with van der Waals surface area (Å²) < 4.78 is 9.90. The quantitative estimate of drug-likeness (QED) is 0.330. The van der Waals surface area contributed by atoms with Crippen molar-refractivity contribution in [1.82, 2.24) is 0 Å². The molecular weight excluding hydrogens is 302 g/mol. The van der Waals surface area contributed by atoms with Crippen LogP contribution < -0.4 is 4.74 Å². The van der Waals surface area contributed by atoms with Gasteiger partial charge in [0.05, 0.1) is 20.1 Å². The Morgan fingerprint density at radius 3 is 2.35 bits per heavy atom. The first-order valence-corrected chi connectivity index (χ1v) is 7.04. The monoisotopic (exact) mass is 323 g/mol. The van der Waals surface area contributed by atoms with Gasteiger partial charge in [0.2, 0.25) is 6.54 Å². The number of benzene rings is 1. The summed E-state index contributed by atoms with van der Waals surface area (Å²) in [6, 6.07) is 4.98. The molecule has 0 fully saturated rings. The molecule has 1 aromatic carbocycles. The largest absolute Gasteiger partial charge is 0.496 e. The Morgan fingerprint density at radius 1 is 1.35 bits per heavy atom. The molecule has 1 rings (SSSR count). The average Bonchev–Trinajstić information content (AvgIpc) is 2.50. The molecule has 1 unspecified atom stereocenters. The fourth-order valence-electron chi connectivity index (χ4n) is 2.63. The van der Waals surface area contributed by atoms with E-state index in [-0.39, 0.29) is 0 Å². The molecule has 0 aliphatic rings. The van der Waals surface area contributed by atoms with Crippen LogP contribution in [0.25, 0.3) is 0 Å². The van der Waals surface area contributed by atoms with E-state index in [1.54, 1.807) is 25.1 Å². The number of nitro groups is 1. The fraction of sp³-hybridized carbons (Fsp3) is 0.500. The standard InChI is InChI=1S/C16H21NO6/c1-10-8-12(6-7-14(10)22-4)13(9-17(20)21)16(3,11(2)18)15(19)23-5/h6-8,13H,9H2,1-5H3/t13-,16?/m0/s1. The number of nitrogens with zero attached hydrogens (tertiary/aromatic N) is 1. The first-order chi connectivity index (χ1) is 10.7. The summed E-state index contributed by atoms with van der Waals surface area (Å²) in [6.07, 6.45) is 0. The van der Waals surface area contributed by atoms with Crippen LogP contribution in [0.2, 0.25) is 0 Å². The minimum Gasteiger partial charge on any atom is -0.496 e. The van der Waals surface area contributed by atoms with Crippen LogP contribution in [0.5, 0.6) is 5.75 Å². The molecule has 0 bridgehead atoms. The van der Waals surface area contributed by atoms with Crippen LogP contribution in [-0.4, -0.2) is 37.4 Å². The molecule has 0 spiro atoms. The third-order valence-electron chi connectivity index (χ3n) is 4.19. The predicted octanol–water partition coefficient (Wildman–Crippen LogP) is 2.13. The molecule has 0 amide bonds. The van der Waals surface area contributed by atoms with Crippen LogP contribution in [0.15, 0.2) is 18.2 Å². The first-order valence-electron chi connectivity index (χ1n) is 7.04. The summed E-state index contributed by atoms with van der Waals surface area (Å²) >= 11 is 0. The number of carbonyl (C=O) groups is 2. The van der Waals surface area contributed by atoms with Crippen LogP contribution in [0, 0.1) is 22.5 Å². The zero-order valence-electron chi connectivity index (χ0n) is 13.9. The maximum atomic E-state index is 12.2. The summed E-state index contributed by atoms with van der Waals surface area (Å²) in [7, 11) is 2.68. The summed E-state index contributed by atoms with van der Waals surface area (Å²) in [4.78, 5) is 34.9. The number of hydrogen-bond donors (Lipinski definition) is 0. The molecule has 0 saturated carbocycles. The highest BCUT2D eigenvalue weighted by atomic mass is 16.6. The van der Waals surface area contributed by atoms with Gasteiger partial charge in [-0.15, -0.1) is 0 Å². The molecule has 2 atom stereocenters. The van der Waals surface area contributed by atoms with E-state index in [4.69, 9.17) is 9.47 Å². The molecule has 23 heavy (non-hydrogen) atoms. The number of ketones is 1. The molecule has 0 saturated heterocycles. The van der Waals surface area contributed by atoms with Gasteiger partial charge < -0.3 is 9.47 Å². The second-order valence-corrected chi connectivity index (χ2v) is 5.55. The number of carbonyl (C=O) groups excluding carboxylic acids is 2. The van der Waals surface area contributed by atoms with Crippen molar-refractivity contribution < 1.29 is 24.0 Å². The Balaban J connectivity index is 3.49. The number of rotatable bonds is 7. The van der Waals surface area contributed by atoms with Crippen LogP contribution in [0.4, 0.5) is 0 Å². The topological polar surface area (TPSA) is 95.7 Å². The predicted molar refractivity (Wildman–Crippen MR) is 83.1 cm³/mol. The van der Waals surface area contributed by atoms with Crippen molar-refractivity contribution in [2.45, 2.75) is 26.7 Å². The number of aryl methyl sites for hydroxylation is 1. The van der Waals surface area contributed by atoms with E-state index < -0.39 is 34.6 Å². The molecular formula is C16H21NO6. The zero-order chi connectivity index (χ0) is 17.8. The average molecular weight is 323 g/mol. The molecule has 0 heterocycles. The van der Waals surface area contributed by atoms with E-state index in [0.717, 1.165) is 12.7 Å². The van der Waals surface area contributed by atoms with Gasteiger partial charge in [0.25, 0.3) is 0 Å². The normalized spacial score (nSPS) is 14.5. The number of hydrogen-bond acceptors (Lipinski definition) is 6. The molecule has 0 radical (unpaired) electrons. The van der Waals surface area contributed by atoms with Crippen molar-refractivity contribution in [3.8, 4) is 5.75 Å². The maximum Gasteiger partial charge on any atom is 0.319 e. The number of esters is 1. The second-order valence-electron chi connectivity index (χ2n) is 5.55. The van der Waals surface area contributed by atoms with Crippen molar-refractivity contribution in [2.24, 2.45) is 5.41 Å². The van der Waals surface area contributed by atoms with Gasteiger partial charge in [-0.05, 0) is 38.0 Å². The van der Waals surface area contributed by atoms with E-state index in [9.17, 15) is 19.7 Å². The molecule has 126 valence electrons. The van der Waals surface area contributed by atoms with Crippen LogP contribution in [-0.2, 0) is 14.3 Å². The Labute approximate surface area is 134 Å². The molecule has 0 aliphatic heterocycles. The van der Waals surface area contributed by atoms with Crippen LogP contribution in [0.3, 0.4) is 0 Å². The van der Waals surface area contributed by atoms with Gasteiger partial charge in [-0.1, -0.05) is 12.1 Å². The summed E-state index contributed by atoms with van der Waals surface area (Å²) in [6.45, 7) is 3.85. The number of ether oxygens (including phenoxy) is 2. The van der Waals surface area contributed by atoms with Crippen molar-refractivity contribution in [3.05, 3.63) is 39.4 Å². The molecule has 1 aromatic rings. The van der Waals surface area contributed by atoms with E-state index in [1.807, 2.05) is 0 Å². The Kier molecular flexibility index (Phi) is 5.84. The Morgan fingerprint density at radius 2 is 1.96 bits per heavy atom. The van der Waals surface area contributed by atoms with Gasteiger partial charge in [-0.2, -0.15) is 0 Å². The first kappa shape index (κ1) is 18.6. The lowest BCUT2D eigenvalue weighted by molar-refractivity contribution is -0.485. The molecule has 0 aromatic heterocycles. The lowest BCUT2D eigenvalue weighted by Gasteiger charge is -2.31. The Hall–Kier alpha value is -2.44. The number of Topliss-reactive ketones (excluding diaryl/α,β-unsaturated/α-hetero) is 1. The van der Waals surface area contributed by atoms with Crippen LogP contribution >= 0.6 is 0 Å². The van der Waals surface area contributed by atoms with Gasteiger partial charge >= 0.3 is 5.97 Å². The SMILES string of the molecule is COC(=O)C(C)(C(C)=O)[C@@H](C[N+](=O)[O-])c1ccc(OC)c(C)c1. The summed E-state index contributed by atoms with van der Waals surface area (Å²) in [5.41, 5.74) is -0.361. The summed E-state index contributed by atoms with van der Waals surface area (Å²) in [5.74, 6) is -1.58. The Bertz CT molecular complexity index is 627. The van der Waals surface area contributed by atoms with Gasteiger partial charge in [0.1, 0.15) is 16.9 Å². The van der Waals surface area contributed by atoms with E-state index in [1.165, 1.54) is 21.0 Å². The van der Waals surface area contributed by atoms with Crippen molar-refractivity contribution in [2.75, 3.05) is 20.8 Å². The van der Waals surface area contributed by atoms with Gasteiger partial charge in [0, 0.05) is 4.92 Å². The molecule has 7 heteroatoms. The third kappa shape index (κ3) is 3.67. The fourth-order valence-corrected chi connectivity index (χ4v) is 2.63. The molecule has 0 aliphatic carbocycles. The highest BCUT2D eigenvalue weighted by Gasteiger charge is 2.50. The molecule has 7 nitrogen and oxygen atoms in total. The van der Waals surface area contributed by atoms with E-state index in [2.05, 4.69) is 0 Å². The van der Waals surface area contributed by atoms with Crippen molar-refractivity contribution in [1.29, 1.82) is 0 Å². The second kappa shape index (κ2) is 7.21. The minimum absolute atomic E-state index is 0.482. The van der Waals surface area contributed by atoms with Crippen molar-refractivity contribution in [3.63, 3.8) is 0 Å². The summed E-state index contributed by atoms with van der Waals surface area (Å²) in [5, 5.41) is 11.1. The molecule has 0 N–H and O–H groups in total. The van der Waals surface area contributed by atoms with Crippen LogP contribution in [0.1, 0.15) is 30.9 Å². The van der Waals surface area contributed by atoms with Gasteiger partial charge in [-0.3, -0.25) is 19.7 Å². The van der Waals surface area contributed by atoms with E-state index in [0.29, 0.717) is 11.3 Å². The van der Waals surface area contributed by atoms with Gasteiger partial charge in [0.15, 0.2) is 0 Å². The third-order valence-corrected chi connectivity index (χ3v) is 4.19. The van der Waals surface area contributed by atoms with Crippen molar-refractivity contribution >= 4 is 11.8 Å². The van der Waals surface area contributed by atoms with Gasteiger partial charge in [-0.25, -0.2) is 0 Å². The lowest BCUT2D eigenvalue weighted by Crippen LogP contribution is -2.44.